The highest BCUT2D eigenvalue weighted by Crippen LogP contribution is 2.50. The first kappa shape index (κ1) is 21.3. The SMILES string of the molecule is COc1ccc2c3c(n(C)c2c1)[C@H](CO)N(Cc1ccc2c(c1)OCO2)CC31CN(C(C)=O)C1. The van der Waals surface area contributed by atoms with Crippen LogP contribution in [0.4, 0.5) is 0 Å². The van der Waals surface area contributed by atoms with Gasteiger partial charge in [0.05, 0.1) is 25.3 Å². The number of carbonyl (C=O) groups excluding carboxylic acids is 1. The Kier molecular flexibility index (Phi) is 4.79. The van der Waals surface area contributed by atoms with Gasteiger partial charge in [-0.2, -0.15) is 0 Å². The lowest BCUT2D eigenvalue weighted by atomic mass is 9.68. The van der Waals surface area contributed by atoms with Crippen LogP contribution < -0.4 is 14.2 Å². The normalized spacial score (nSPS) is 20.5. The van der Waals surface area contributed by atoms with Crippen LogP contribution in [0.25, 0.3) is 10.9 Å². The van der Waals surface area contributed by atoms with Gasteiger partial charge >= 0.3 is 0 Å². The van der Waals surface area contributed by atoms with E-state index in [1.807, 2.05) is 23.1 Å². The number of methoxy groups -OCH3 is 1. The van der Waals surface area contributed by atoms with E-state index in [1.54, 1.807) is 14.0 Å². The number of fused-ring (bicyclic) bond motifs is 5. The first-order valence-electron chi connectivity index (χ1n) is 11.6. The number of benzene rings is 2. The number of carbonyl (C=O) groups is 1. The molecule has 1 atom stereocenters. The van der Waals surface area contributed by atoms with Crippen molar-refractivity contribution in [1.29, 1.82) is 0 Å². The standard InChI is InChI=1S/C26H29N3O5/c1-16(31)29-13-26(14-29)12-28(10-17-4-7-22-23(8-17)34-15-33-22)21(11-30)25-24(26)19-6-5-18(32-3)9-20(19)27(25)2/h4-9,21,30H,10-15H2,1-3H3/t21-/m0/s1. The Balaban J connectivity index is 1.46. The summed E-state index contributed by atoms with van der Waals surface area (Å²) in [6.07, 6.45) is 0. The molecule has 4 heterocycles. The molecule has 8 nitrogen and oxygen atoms in total. The number of hydrogen-bond donors (Lipinski definition) is 1. The Hall–Kier alpha value is -3.23. The second kappa shape index (κ2) is 7.65. The van der Waals surface area contributed by atoms with Gasteiger partial charge in [0, 0.05) is 62.7 Å². The van der Waals surface area contributed by atoms with Crippen LogP contribution in [0.3, 0.4) is 0 Å². The zero-order chi connectivity index (χ0) is 23.6. The number of likely N-dealkylation sites (tertiary alicyclic amines) is 1. The molecule has 0 aliphatic carbocycles. The lowest BCUT2D eigenvalue weighted by Crippen LogP contribution is -2.67. The zero-order valence-electron chi connectivity index (χ0n) is 19.7. The molecule has 1 aromatic heterocycles. The van der Waals surface area contributed by atoms with Crippen LogP contribution in [-0.4, -0.2) is 65.5 Å². The molecule has 0 unspecified atom stereocenters. The van der Waals surface area contributed by atoms with Crippen molar-refractivity contribution >= 4 is 16.8 Å². The topological polar surface area (TPSA) is 76.4 Å². The van der Waals surface area contributed by atoms with Gasteiger partial charge in [-0.3, -0.25) is 9.69 Å². The number of aromatic nitrogens is 1. The van der Waals surface area contributed by atoms with Crippen LogP contribution in [0.2, 0.25) is 0 Å². The predicted octanol–water partition coefficient (Wildman–Crippen LogP) is 2.56. The summed E-state index contributed by atoms with van der Waals surface area (Å²) in [7, 11) is 3.73. The van der Waals surface area contributed by atoms with E-state index in [-0.39, 0.29) is 30.8 Å². The van der Waals surface area contributed by atoms with Crippen LogP contribution in [0.15, 0.2) is 36.4 Å². The highest BCUT2D eigenvalue weighted by atomic mass is 16.7. The van der Waals surface area contributed by atoms with Crippen LogP contribution in [-0.2, 0) is 23.8 Å². The molecule has 0 radical (unpaired) electrons. The van der Waals surface area contributed by atoms with Gasteiger partial charge in [-0.15, -0.1) is 0 Å². The number of ether oxygens (including phenoxy) is 3. The maximum Gasteiger partial charge on any atom is 0.231 e. The zero-order valence-corrected chi connectivity index (χ0v) is 19.7. The van der Waals surface area contributed by atoms with Gasteiger partial charge in [-0.1, -0.05) is 6.07 Å². The van der Waals surface area contributed by atoms with E-state index in [0.29, 0.717) is 19.6 Å². The summed E-state index contributed by atoms with van der Waals surface area (Å²) >= 11 is 0. The van der Waals surface area contributed by atoms with Crippen molar-refractivity contribution in [1.82, 2.24) is 14.4 Å². The fourth-order valence-electron chi connectivity index (χ4n) is 6.07. The number of aliphatic hydroxyl groups is 1. The summed E-state index contributed by atoms with van der Waals surface area (Å²) in [4.78, 5) is 16.4. The van der Waals surface area contributed by atoms with Gasteiger partial charge < -0.3 is 28.8 Å². The molecule has 8 heteroatoms. The number of aliphatic hydroxyl groups excluding tert-OH is 1. The van der Waals surface area contributed by atoms with E-state index in [0.717, 1.165) is 40.6 Å². The summed E-state index contributed by atoms with van der Waals surface area (Å²) in [6, 6.07) is 12.0. The largest absolute Gasteiger partial charge is 0.497 e. The second-order valence-corrected chi connectivity index (χ2v) is 9.65. The fourth-order valence-corrected chi connectivity index (χ4v) is 6.07. The summed E-state index contributed by atoms with van der Waals surface area (Å²) < 4.78 is 18.7. The molecule has 0 saturated carbocycles. The Labute approximate surface area is 198 Å². The Morgan fingerprint density at radius 1 is 1.15 bits per heavy atom. The first-order valence-corrected chi connectivity index (χ1v) is 11.6. The Bertz CT molecular complexity index is 1290. The summed E-state index contributed by atoms with van der Waals surface area (Å²) in [6.45, 7) is 4.65. The van der Waals surface area contributed by atoms with Gasteiger partial charge in [0.1, 0.15) is 5.75 Å². The summed E-state index contributed by atoms with van der Waals surface area (Å²) in [5, 5.41) is 11.8. The van der Waals surface area contributed by atoms with Gasteiger partial charge in [0.25, 0.3) is 0 Å². The molecular weight excluding hydrogens is 434 g/mol. The molecule has 1 spiro atoms. The molecule has 34 heavy (non-hydrogen) atoms. The summed E-state index contributed by atoms with van der Waals surface area (Å²) in [5.41, 5.74) is 4.36. The van der Waals surface area contributed by atoms with E-state index in [4.69, 9.17) is 14.2 Å². The molecule has 1 saturated heterocycles. The van der Waals surface area contributed by atoms with Gasteiger partial charge in [0.2, 0.25) is 12.7 Å². The molecule has 3 aliphatic heterocycles. The van der Waals surface area contributed by atoms with Crippen LogP contribution in [0, 0.1) is 0 Å². The lowest BCUT2D eigenvalue weighted by Gasteiger charge is -2.56. The van der Waals surface area contributed by atoms with E-state index >= 15 is 0 Å². The van der Waals surface area contributed by atoms with E-state index < -0.39 is 0 Å². The molecule has 0 bridgehead atoms. The smallest absolute Gasteiger partial charge is 0.231 e. The highest BCUT2D eigenvalue weighted by molar-refractivity contribution is 5.89. The van der Waals surface area contributed by atoms with Crippen molar-refractivity contribution in [2.75, 3.05) is 40.1 Å². The molecule has 178 valence electrons. The van der Waals surface area contributed by atoms with Gasteiger partial charge in [0.15, 0.2) is 11.5 Å². The number of hydrogen-bond acceptors (Lipinski definition) is 6. The minimum Gasteiger partial charge on any atom is -0.497 e. The van der Waals surface area contributed by atoms with Gasteiger partial charge in [-0.25, -0.2) is 0 Å². The predicted molar refractivity (Wildman–Crippen MR) is 126 cm³/mol. The van der Waals surface area contributed by atoms with Crippen LogP contribution in [0.5, 0.6) is 17.2 Å². The van der Waals surface area contributed by atoms with E-state index in [2.05, 4.69) is 34.7 Å². The molecule has 3 aliphatic rings. The number of aryl methyl sites for hydroxylation is 1. The third-order valence-electron chi connectivity index (χ3n) is 7.67. The second-order valence-electron chi connectivity index (χ2n) is 9.65. The number of nitrogens with zero attached hydrogens (tertiary/aromatic N) is 3. The Morgan fingerprint density at radius 2 is 1.94 bits per heavy atom. The highest BCUT2D eigenvalue weighted by Gasteiger charge is 2.54. The lowest BCUT2D eigenvalue weighted by molar-refractivity contribution is -0.138. The monoisotopic (exact) mass is 463 g/mol. The van der Waals surface area contributed by atoms with Crippen molar-refractivity contribution in [3.05, 3.63) is 53.2 Å². The maximum absolute atomic E-state index is 12.1. The molecule has 1 N–H and O–H groups in total. The third-order valence-corrected chi connectivity index (χ3v) is 7.67. The van der Waals surface area contributed by atoms with Crippen molar-refractivity contribution in [3.8, 4) is 17.2 Å². The molecule has 2 aromatic carbocycles. The molecule has 6 rings (SSSR count). The molecular formula is C26H29N3O5. The average Bonchev–Trinajstić information content (AvgIpc) is 3.39. The first-order chi connectivity index (χ1) is 16.4. The fraction of sp³-hybridized carbons (Fsp3) is 0.423. The van der Waals surface area contributed by atoms with Crippen molar-refractivity contribution in [2.24, 2.45) is 7.05 Å². The third kappa shape index (κ3) is 3.02. The maximum atomic E-state index is 12.1. The van der Waals surface area contributed by atoms with Crippen molar-refractivity contribution in [2.45, 2.75) is 24.9 Å². The van der Waals surface area contributed by atoms with Crippen LogP contribution >= 0.6 is 0 Å². The number of amides is 1. The number of rotatable bonds is 4. The average molecular weight is 464 g/mol. The molecule has 1 amide bonds. The van der Waals surface area contributed by atoms with E-state index in [1.165, 1.54) is 10.9 Å². The minimum absolute atomic E-state index is 0.00531. The van der Waals surface area contributed by atoms with Crippen molar-refractivity contribution < 1.29 is 24.1 Å². The minimum atomic E-state index is -0.183. The van der Waals surface area contributed by atoms with Crippen LogP contribution in [0.1, 0.15) is 29.8 Å². The molecule has 3 aromatic rings. The van der Waals surface area contributed by atoms with E-state index in [9.17, 15) is 9.90 Å². The van der Waals surface area contributed by atoms with Gasteiger partial charge in [-0.05, 0) is 35.4 Å². The van der Waals surface area contributed by atoms with Crippen molar-refractivity contribution in [3.63, 3.8) is 0 Å². The Morgan fingerprint density at radius 3 is 2.68 bits per heavy atom. The quantitative estimate of drug-likeness (QED) is 0.641. The summed E-state index contributed by atoms with van der Waals surface area (Å²) in [5.74, 6) is 2.42. The molecule has 1 fully saturated rings.